The fourth-order valence-electron chi connectivity index (χ4n) is 11.4. The van der Waals surface area contributed by atoms with Crippen LogP contribution in [0.3, 0.4) is 0 Å². The molecule has 1 fully saturated rings. The molecule has 0 bridgehead atoms. The number of carbonyl (C=O) groups excluding carboxylic acids is 1. The molecule has 749 valence electrons. The van der Waals surface area contributed by atoms with Gasteiger partial charge in [0.1, 0.15) is 83.1 Å². The molecular formula is C95H117BBr6ClF7LiN12O14S. The van der Waals surface area contributed by atoms with Crippen LogP contribution in [0.4, 0.5) is 42.1 Å². The van der Waals surface area contributed by atoms with Crippen LogP contribution in [0.2, 0.25) is 0 Å². The number of nitrogens with zero attached hydrogens (tertiary/aromatic N) is 10. The van der Waals surface area contributed by atoms with Gasteiger partial charge in [-0.15, -0.1) is 12.4 Å². The number of para-hydroxylation sites is 1. The van der Waals surface area contributed by atoms with Crippen molar-refractivity contribution in [2.24, 2.45) is 41.8 Å². The number of carbonyl (C=O) groups is 2. The number of rotatable bonds is 13. The van der Waals surface area contributed by atoms with E-state index < -0.39 is 58.1 Å². The number of carboxylic acid groups (broad SMARTS) is 1. The summed E-state index contributed by atoms with van der Waals surface area (Å²) in [7, 11) is 12.0. The Morgan fingerprint density at radius 2 is 1.01 bits per heavy atom. The van der Waals surface area contributed by atoms with Crippen LogP contribution in [0.15, 0.2) is 205 Å². The number of esters is 1. The van der Waals surface area contributed by atoms with Gasteiger partial charge in [0, 0.05) is 123 Å². The number of aliphatic imine (C=N–C) groups is 4. The molecule has 26 nitrogen and oxygen atoms in total. The Kier molecular flexibility index (Phi) is 69.6. The Morgan fingerprint density at radius 1 is 0.601 bits per heavy atom. The third kappa shape index (κ3) is 43.5. The number of fused-ring (bicyclic) bond motifs is 4. The number of nitro groups is 1. The molecule has 1 saturated heterocycles. The van der Waals surface area contributed by atoms with Crippen molar-refractivity contribution >= 4 is 219 Å². The number of aromatic nitrogens is 4. The van der Waals surface area contributed by atoms with Gasteiger partial charge in [-0.05, 0) is 213 Å². The number of pyridine rings is 4. The molecule has 11 aromatic rings. The van der Waals surface area contributed by atoms with Crippen molar-refractivity contribution in [3.05, 3.63) is 272 Å². The number of aryl methyl sites for hydroxylation is 2. The van der Waals surface area contributed by atoms with Crippen LogP contribution in [-0.2, 0) is 51.4 Å². The van der Waals surface area contributed by atoms with E-state index in [1.165, 1.54) is 68.8 Å². The van der Waals surface area contributed by atoms with Crippen molar-refractivity contribution in [2.45, 2.75) is 145 Å². The van der Waals surface area contributed by atoms with Crippen LogP contribution in [0.25, 0.3) is 43.6 Å². The molecule has 14 rings (SSSR count). The van der Waals surface area contributed by atoms with Crippen LogP contribution >= 0.6 is 121 Å². The number of aromatic carboxylic acids is 1. The third-order valence-corrected chi connectivity index (χ3v) is 22.0. The number of anilines is 1. The van der Waals surface area contributed by atoms with Gasteiger partial charge in [0.05, 0.1) is 75.8 Å². The Balaban J connectivity index is -0.00000149. The molecule has 0 saturated carbocycles. The van der Waals surface area contributed by atoms with E-state index in [4.69, 9.17) is 55.6 Å². The number of carboxylic acids is 1. The Bertz CT molecular complexity index is 5640. The van der Waals surface area contributed by atoms with E-state index in [2.05, 4.69) is 193 Å². The molecule has 0 aliphatic carbocycles. The maximum absolute atomic E-state index is 14.7. The number of nitrogen functional groups attached to an aromatic ring is 1. The van der Waals surface area contributed by atoms with Gasteiger partial charge >= 0.3 is 55.6 Å². The van der Waals surface area contributed by atoms with E-state index >= 15 is 0 Å². The molecule has 7 aromatic carbocycles. The summed E-state index contributed by atoms with van der Waals surface area (Å²) in [5.41, 5.74) is 16.7. The molecule has 4 atom stereocenters. The minimum Gasteiger partial charge on any atom is -0.343 e. The van der Waals surface area contributed by atoms with E-state index in [1.807, 2.05) is 32.0 Å². The smallest absolute Gasteiger partial charge is 0.343 e. The maximum atomic E-state index is 14.7. The first kappa shape index (κ1) is 134. The van der Waals surface area contributed by atoms with Gasteiger partial charge in [0.15, 0.2) is 0 Å². The molecule has 1 radical (unpaired) electrons. The van der Waals surface area contributed by atoms with Crippen LogP contribution in [0.5, 0.6) is 0 Å². The molecule has 7 heterocycles. The molecule has 138 heavy (non-hydrogen) atoms. The average Bonchev–Trinajstić information content (AvgIpc) is 0.865. The van der Waals surface area contributed by atoms with E-state index in [1.54, 1.807) is 122 Å². The zero-order valence-electron chi connectivity index (χ0n) is 76.1. The number of methoxy groups -OCH3 is 5. The maximum Gasteiger partial charge on any atom is 1.00 e. The normalized spacial score (nSPS) is 13.4. The molecule has 8 N–H and O–H groups in total. The van der Waals surface area contributed by atoms with Gasteiger partial charge in [-0.1, -0.05) is 128 Å². The summed E-state index contributed by atoms with van der Waals surface area (Å²) in [5.74, 6) is -2.65. The van der Waals surface area contributed by atoms with Crippen molar-refractivity contribution in [1.29, 1.82) is 0 Å². The fourth-order valence-corrected chi connectivity index (χ4v) is 14.4. The van der Waals surface area contributed by atoms with Crippen LogP contribution in [0, 0.1) is 83.4 Å². The molecular weight excluding hydrogens is 2230 g/mol. The summed E-state index contributed by atoms with van der Waals surface area (Å²) < 4.78 is 130. The summed E-state index contributed by atoms with van der Waals surface area (Å²) in [5, 5.41) is 45.9. The van der Waals surface area contributed by atoms with Crippen LogP contribution in [0.1, 0.15) is 121 Å². The molecule has 3 aliphatic heterocycles. The van der Waals surface area contributed by atoms with Crippen LogP contribution < -0.4 is 30.3 Å². The first-order chi connectivity index (χ1) is 63.3. The van der Waals surface area contributed by atoms with Gasteiger partial charge in [-0.3, -0.25) is 34.8 Å². The van der Waals surface area contributed by atoms with Gasteiger partial charge in [-0.25, -0.2) is 55.5 Å². The predicted octanol–water partition coefficient (Wildman–Crippen LogP) is 20.9. The molecule has 43 heteroatoms. The van der Waals surface area contributed by atoms with Gasteiger partial charge in [-0.2, -0.15) is 6.42 Å². The van der Waals surface area contributed by atoms with Gasteiger partial charge < -0.3 is 67.2 Å². The second-order valence-corrected chi connectivity index (χ2v) is 33.5. The van der Waals surface area contributed by atoms with E-state index in [0.29, 0.717) is 120 Å². The minimum absolute atomic E-state index is 0. The SMILES string of the molecule is C.C.C.C1CCOC1.COC(=O)[C@@H](N)Cc1c(F)cc(Br)c2ncccc12.COC1=N[C@H](C(C)C)C(OC)=NC1.COC1=N[C@H](C(C)C)C(OC)=N[C@H]1Cc1c(F)cc(Br)c2ncccc12.Cc1c(F)cc(Br)c2ncccc12.Cc1cc(N)c(Br)cc1F.Cl.Fc1cc(Br)c2ncccc2c1CBr.O=C(O)c1c(F)cccc1F.O=[N+]([O-])c1ccccc1.OCC(O)CO.[B]=NS.[CH2-]CCC.[Li+]. The number of hydrogen-bond donors (Lipinski definition) is 7. The quantitative estimate of drug-likeness (QED) is 0.00649. The number of nitrogens with two attached hydrogens (primary N) is 2. The summed E-state index contributed by atoms with van der Waals surface area (Å²) in [6, 6.07) is 32.4. The number of halogens is 14. The number of benzene rings is 7. The molecule has 0 spiro atoms. The Hall–Kier alpha value is -8.51. The number of hydrogen-bond acceptors (Lipinski definition) is 25. The zero-order valence-corrected chi connectivity index (χ0v) is 87.3. The summed E-state index contributed by atoms with van der Waals surface area (Å²) in [6.07, 6.45) is 11.0. The molecule has 0 unspecified atom stereocenters. The number of aliphatic hydroxyl groups excluding tert-OH is 3. The second kappa shape index (κ2) is 71.9. The number of thiol groups is 1. The average molecular weight is 2350 g/mol. The van der Waals surface area contributed by atoms with E-state index in [-0.39, 0.29) is 120 Å². The third-order valence-electron chi connectivity index (χ3n) is 18.4. The monoisotopic (exact) mass is 2340 g/mol. The first-order valence-corrected chi connectivity index (χ1v) is 45.8. The molecule has 4 aromatic heterocycles. The van der Waals surface area contributed by atoms with Crippen molar-refractivity contribution in [3.8, 4) is 0 Å². The number of non-ortho nitro benzene ring substituents is 1. The van der Waals surface area contributed by atoms with E-state index in [9.17, 15) is 50.4 Å². The number of unbranched alkanes of at least 4 members (excludes halogenated alkanes) is 1. The summed E-state index contributed by atoms with van der Waals surface area (Å²) in [4.78, 5) is 65.9. The summed E-state index contributed by atoms with van der Waals surface area (Å²) >= 11 is 22.8. The van der Waals surface area contributed by atoms with Crippen molar-refractivity contribution in [3.63, 3.8) is 0 Å². The number of ether oxygens (including phenoxy) is 6. The second-order valence-electron chi connectivity index (χ2n) is 28.4. The standard InChI is InChI=1S/C19H21BrFN3O2.C13H12BrFN2O2.C10H6Br2FN.C10H7BrFN.C9H16N2O2.C7H7BrFN.C7H4F2O2.C6H5NO2.C4H8O.C4H9.C3H8O3.3CH4.BHNS.ClH.Li/c1-10(2)16-19(26-4)23-15(18(24-16)25-3)8-12-11-6-5-7-22-17(11)13(20)9-14(12)21;1-19-13(18)11(16)5-8-7-3-2-4-17-12(7)9(14)6-10(8)15;11-5-7-6-2-1-3-14-10(6)8(12)4-9(7)13;1-6-7-3-2-4-13-10(7)8(11)5-9(6)12;1-6(2)8-9(13-4)10-5-7(11-8)12-3;1-4-2-7(10)5(8)3-6(4)9;8-4-2-1-3-5(9)6(4)7(10)11;8-7(9)6-4-2-1-3-5-6;1-2-4-5-3-1;1-3-4-2;4-1-3(6)2-5;;;;1-2-3;;/h5-7,9-10,15-16H,8H2,1-4H3;2-4,6,11H,5,16H2,1H3;1-4H,5H2;2-5H,1H3;6,8H,5H2,1-4H3;2-3H,10H2,1H3;1-3H,(H,10,11);1-5H;1-4H2;1,3-4H2,2H3;3-6H,1-2H2;3*1H4;3H;1H;/q;;;;;;;;;-1;;;;;;;+1/t15-,16+;11-;;;8-;;;;;;;;;;;;/m00..1............/s1. The fraction of sp³-hybridized carbons (Fsp3) is 0.358. The van der Waals surface area contributed by atoms with Crippen molar-refractivity contribution in [1.82, 2.24) is 19.9 Å². The molecule has 3 aliphatic rings. The van der Waals surface area contributed by atoms with Crippen molar-refractivity contribution < 1.29 is 113 Å². The topological polar surface area (TPSA) is 379 Å². The first-order valence-electron chi connectivity index (χ1n) is 40.4. The van der Waals surface area contributed by atoms with Gasteiger partial charge in [0.2, 0.25) is 23.6 Å². The Morgan fingerprint density at radius 3 is 1.37 bits per heavy atom. The predicted molar refractivity (Wildman–Crippen MR) is 561 cm³/mol. The Labute approximate surface area is 877 Å². The number of alkyl halides is 1. The number of aliphatic hydroxyl groups is 3. The number of nitro benzene ring substituents is 1. The zero-order chi connectivity index (χ0) is 99.7. The van der Waals surface area contributed by atoms with E-state index in [0.717, 1.165) is 65.0 Å². The van der Waals surface area contributed by atoms with Crippen molar-refractivity contribution in [2.75, 3.05) is 74.3 Å². The van der Waals surface area contributed by atoms with Gasteiger partial charge in [0.25, 0.3) is 5.69 Å². The molecule has 0 amide bonds. The summed E-state index contributed by atoms with van der Waals surface area (Å²) in [6.45, 7) is 19.2. The largest absolute Gasteiger partial charge is 1.00 e. The minimum atomic E-state index is -1.60. The van der Waals surface area contributed by atoms with Crippen LogP contribution in [-0.4, -0.2) is 187 Å².